The van der Waals surface area contributed by atoms with Crippen LogP contribution in [0, 0.1) is 16.7 Å². The number of aliphatic imine (C=N–C) groups is 1. The van der Waals surface area contributed by atoms with Crippen LogP contribution in [0.3, 0.4) is 0 Å². The van der Waals surface area contributed by atoms with E-state index in [2.05, 4.69) is 30.6 Å². The lowest BCUT2D eigenvalue weighted by atomic mass is 9.51. The molecule has 2 atom stereocenters. The Labute approximate surface area is 173 Å². The molecule has 26 heavy (non-hydrogen) atoms. The van der Waals surface area contributed by atoms with Crippen LogP contribution in [0.5, 0.6) is 0 Å². The number of rotatable bonds is 6. The van der Waals surface area contributed by atoms with Crippen molar-refractivity contribution in [1.29, 1.82) is 5.26 Å². The van der Waals surface area contributed by atoms with Crippen molar-refractivity contribution < 1.29 is 4.74 Å². The van der Waals surface area contributed by atoms with Crippen molar-refractivity contribution in [2.45, 2.75) is 58.2 Å². The molecule has 2 unspecified atom stereocenters. The van der Waals surface area contributed by atoms with Gasteiger partial charge in [-0.1, -0.05) is 18.6 Å². The zero-order valence-corrected chi connectivity index (χ0v) is 18.0. The summed E-state index contributed by atoms with van der Waals surface area (Å²) in [5, 5.41) is 16.0. The van der Waals surface area contributed by atoms with Gasteiger partial charge in [-0.25, -0.2) is 4.99 Å². The molecule has 1 aromatic rings. The molecule has 0 radical (unpaired) electrons. The molecule has 0 aliphatic heterocycles. The number of nitrogens with zero attached hydrogens (tertiary/aromatic N) is 2. The molecule has 2 saturated carbocycles. The number of guanidine groups is 1. The molecule has 0 heterocycles. The molecule has 1 aromatic carbocycles. The second-order valence-electron chi connectivity index (χ2n) is 6.97. The first-order valence-corrected chi connectivity index (χ1v) is 9.37. The van der Waals surface area contributed by atoms with Crippen LogP contribution in [0.1, 0.15) is 50.7 Å². The minimum atomic E-state index is 0. The smallest absolute Gasteiger partial charge is 0.191 e. The van der Waals surface area contributed by atoms with E-state index in [4.69, 9.17) is 15.0 Å². The molecule has 2 aliphatic rings. The van der Waals surface area contributed by atoms with Crippen LogP contribution in [0.15, 0.2) is 29.3 Å². The molecule has 0 aromatic heterocycles. The average molecular weight is 468 g/mol. The molecule has 0 bridgehead atoms. The highest BCUT2D eigenvalue weighted by Crippen LogP contribution is 2.57. The van der Waals surface area contributed by atoms with Gasteiger partial charge in [-0.15, -0.1) is 24.0 Å². The fraction of sp³-hybridized carbons (Fsp3) is 0.600. The van der Waals surface area contributed by atoms with E-state index in [0.29, 0.717) is 29.7 Å². The first-order chi connectivity index (χ1) is 12.2. The van der Waals surface area contributed by atoms with Crippen molar-refractivity contribution >= 4 is 29.9 Å². The second kappa shape index (κ2) is 9.56. The van der Waals surface area contributed by atoms with E-state index < -0.39 is 0 Å². The number of benzene rings is 1. The van der Waals surface area contributed by atoms with Gasteiger partial charge < -0.3 is 15.4 Å². The van der Waals surface area contributed by atoms with E-state index in [1.165, 1.54) is 19.3 Å². The molecule has 0 saturated heterocycles. The highest BCUT2D eigenvalue weighted by molar-refractivity contribution is 14.0. The zero-order chi connectivity index (χ0) is 17.7. The maximum Gasteiger partial charge on any atom is 0.191 e. The Morgan fingerprint density at radius 1 is 1.38 bits per heavy atom. The Morgan fingerprint density at radius 2 is 2.19 bits per heavy atom. The van der Waals surface area contributed by atoms with Gasteiger partial charge in [-0.2, -0.15) is 5.26 Å². The highest BCUT2D eigenvalue weighted by Gasteiger charge is 2.59. The Morgan fingerprint density at radius 3 is 2.81 bits per heavy atom. The van der Waals surface area contributed by atoms with Gasteiger partial charge in [0.15, 0.2) is 5.96 Å². The van der Waals surface area contributed by atoms with E-state index in [9.17, 15) is 0 Å². The predicted molar refractivity (Wildman–Crippen MR) is 115 cm³/mol. The van der Waals surface area contributed by atoms with Crippen LogP contribution in [-0.4, -0.2) is 31.3 Å². The lowest BCUT2D eigenvalue weighted by Gasteiger charge is -2.61. The Kier molecular flexibility index (Phi) is 7.71. The molecule has 142 valence electrons. The molecule has 2 fully saturated rings. The van der Waals surface area contributed by atoms with Gasteiger partial charge in [0.25, 0.3) is 0 Å². The molecule has 1 spiro atoms. The van der Waals surface area contributed by atoms with Crippen LogP contribution in [0.4, 0.5) is 0 Å². The first kappa shape index (κ1) is 21.0. The van der Waals surface area contributed by atoms with Crippen LogP contribution >= 0.6 is 24.0 Å². The fourth-order valence-electron chi connectivity index (χ4n) is 4.04. The van der Waals surface area contributed by atoms with Crippen molar-refractivity contribution in [3.05, 3.63) is 35.4 Å². The number of halogens is 1. The predicted octanol–water partition coefficient (Wildman–Crippen LogP) is 3.58. The molecule has 3 rings (SSSR count). The van der Waals surface area contributed by atoms with Gasteiger partial charge >= 0.3 is 0 Å². The van der Waals surface area contributed by atoms with Crippen molar-refractivity contribution in [3.8, 4) is 6.07 Å². The Bertz CT molecular complexity index is 666. The van der Waals surface area contributed by atoms with Crippen molar-refractivity contribution in [2.75, 3.05) is 13.2 Å². The first-order valence-electron chi connectivity index (χ1n) is 9.37. The quantitative estimate of drug-likeness (QED) is 0.381. The number of hydrogen-bond acceptors (Lipinski definition) is 3. The zero-order valence-electron chi connectivity index (χ0n) is 15.6. The van der Waals surface area contributed by atoms with E-state index in [1.807, 2.05) is 24.3 Å². The third-order valence-corrected chi connectivity index (χ3v) is 5.57. The van der Waals surface area contributed by atoms with E-state index in [0.717, 1.165) is 31.1 Å². The van der Waals surface area contributed by atoms with Crippen molar-refractivity contribution in [3.63, 3.8) is 0 Å². The van der Waals surface area contributed by atoms with Gasteiger partial charge in [0.1, 0.15) is 0 Å². The van der Waals surface area contributed by atoms with Gasteiger partial charge in [0.2, 0.25) is 0 Å². The van der Waals surface area contributed by atoms with Gasteiger partial charge in [-0.3, -0.25) is 0 Å². The number of nitrogens with one attached hydrogen (secondary N) is 2. The van der Waals surface area contributed by atoms with Crippen LogP contribution in [-0.2, 0) is 11.3 Å². The van der Waals surface area contributed by atoms with Crippen LogP contribution in [0.25, 0.3) is 0 Å². The minimum absolute atomic E-state index is 0. The number of nitriles is 1. The summed E-state index contributed by atoms with van der Waals surface area (Å²) in [6, 6.07) is 10.3. The SMILES string of the molecule is CCNC(=NCc1cccc(C#N)c1)NC1CC(OCC)C12CCC2.I. The van der Waals surface area contributed by atoms with E-state index in [-0.39, 0.29) is 24.0 Å². The summed E-state index contributed by atoms with van der Waals surface area (Å²) >= 11 is 0. The number of hydrogen-bond donors (Lipinski definition) is 2. The molecular formula is C20H29IN4O. The number of ether oxygens (including phenoxy) is 1. The topological polar surface area (TPSA) is 69.4 Å². The Balaban J connectivity index is 0.00000243. The summed E-state index contributed by atoms with van der Waals surface area (Å²) in [5.74, 6) is 0.857. The fourth-order valence-corrected chi connectivity index (χ4v) is 4.04. The second-order valence-corrected chi connectivity index (χ2v) is 6.97. The Hall–Kier alpha value is -1.33. The van der Waals surface area contributed by atoms with Crippen molar-refractivity contribution in [2.24, 2.45) is 10.4 Å². The van der Waals surface area contributed by atoms with Gasteiger partial charge in [0.05, 0.1) is 24.3 Å². The normalized spacial score (nSPS) is 23.2. The molecular weight excluding hydrogens is 439 g/mol. The average Bonchev–Trinajstić information content (AvgIpc) is 2.57. The third-order valence-electron chi connectivity index (χ3n) is 5.57. The maximum absolute atomic E-state index is 9.02. The molecule has 0 amide bonds. The monoisotopic (exact) mass is 468 g/mol. The minimum Gasteiger partial charge on any atom is -0.378 e. The molecule has 2 aliphatic carbocycles. The summed E-state index contributed by atoms with van der Waals surface area (Å²) in [5.41, 5.74) is 2.04. The lowest BCUT2D eigenvalue weighted by Crippen LogP contribution is -2.68. The van der Waals surface area contributed by atoms with Crippen LogP contribution in [0.2, 0.25) is 0 Å². The van der Waals surface area contributed by atoms with E-state index in [1.54, 1.807) is 0 Å². The van der Waals surface area contributed by atoms with Gasteiger partial charge in [-0.05, 0) is 50.8 Å². The summed E-state index contributed by atoms with van der Waals surface area (Å²) in [7, 11) is 0. The lowest BCUT2D eigenvalue weighted by molar-refractivity contribution is -0.168. The summed E-state index contributed by atoms with van der Waals surface area (Å²) in [6.45, 7) is 6.35. The van der Waals surface area contributed by atoms with Crippen LogP contribution < -0.4 is 10.6 Å². The highest BCUT2D eigenvalue weighted by atomic mass is 127. The summed E-state index contributed by atoms with van der Waals surface area (Å²) in [6.07, 6.45) is 5.26. The molecule has 5 nitrogen and oxygen atoms in total. The summed E-state index contributed by atoms with van der Waals surface area (Å²) in [4.78, 5) is 4.72. The summed E-state index contributed by atoms with van der Waals surface area (Å²) < 4.78 is 5.93. The van der Waals surface area contributed by atoms with E-state index >= 15 is 0 Å². The van der Waals surface area contributed by atoms with Crippen molar-refractivity contribution in [1.82, 2.24) is 10.6 Å². The van der Waals surface area contributed by atoms with Gasteiger partial charge in [0, 0.05) is 24.6 Å². The third kappa shape index (κ3) is 4.32. The molecule has 2 N–H and O–H groups in total. The maximum atomic E-state index is 9.02. The largest absolute Gasteiger partial charge is 0.378 e. The molecule has 6 heteroatoms. The standard InChI is InChI=1S/C20H28N4O.HI/c1-3-22-19(23-14-16-8-5-7-15(11-16)13-21)24-17-12-18(25-4-2)20(17)9-6-10-20;/h5,7-8,11,17-18H,3-4,6,9-10,12,14H2,1-2H3,(H2,22,23,24);1H.